The Balaban J connectivity index is 1.25. The molecule has 0 radical (unpaired) electrons. The van der Waals surface area contributed by atoms with Crippen LogP contribution in [0.15, 0.2) is 109 Å². The fourth-order valence-corrected chi connectivity index (χ4v) is 8.75. The summed E-state index contributed by atoms with van der Waals surface area (Å²) < 4.78 is 0. The van der Waals surface area contributed by atoms with E-state index in [0.717, 1.165) is 12.8 Å². The minimum atomic E-state index is -0.137. The lowest BCUT2D eigenvalue weighted by Gasteiger charge is -2.29. The van der Waals surface area contributed by atoms with Crippen molar-refractivity contribution in [1.82, 2.24) is 0 Å². The summed E-state index contributed by atoms with van der Waals surface area (Å²) >= 11 is 0. The molecule has 1 nitrogen and oxygen atoms in total. The third kappa shape index (κ3) is 3.69. The summed E-state index contributed by atoms with van der Waals surface area (Å²) in [4.78, 5) is 2.46. The molecule has 3 aliphatic carbocycles. The first-order valence-electron chi connectivity index (χ1n) is 16.8. The number of hydrogen-bond acceptors (Lipinski definition) is 1. The third-order valence-corrected chi connectivity index (χ3v) is 11.2. The first-order chi connectivity index (χ1) is 22.2. The number of fused-ring (bicyclic) bond motifs is 9. The molecule has 46 heavy (non-hydrogen) atoms. The summed E-state index contributed by atoms with van der Waals surface area (Å²) in [6, 6.07) is 41.3. The third-order valence-electron chi connectivity index (χ3n) is 11.2. The van der Waals surface area contributed by atoms with Crippen molar-refractivity contribution < 1.29 is 0 Å². The maximum absolute atomic E-state index is 2.55. The van der Waals surface area contributed by atoms with Crippen molar-refractivity contribution in [1.29, 1.82) is 0 Å². The average Bonchev–Trinajstić information content (AvgIpc) is 3.43. The van der Waals surface area contributed by atoms with Gasteiger partial charge in [-0.1, -0.05) is 107 Å². The van der Waals surface area contributed by atoms with Gasteiger partial charge >= 0.3 is 0 Å². The lowest BCUT2D eigenvalue weighted by Crippen LogP contribution is -2.32. The van der Waals surface area contributed by atoms with Gasteiger partial charge in [-0.2, -0.15) is 0 Å². The Kier molecular flexibility index (Phi) is 5.70. The highest BCUT2D eigenvalue weighted by molar-refractivity contribution is 6.05. The molecule has 0 N–H and O–H groups in total. The van der Waals surface area contributed by atoms with Crippen LogP contribution in [0.25, 0.3) is 45.2 Å². The molecular weight excluding hydrogens is 555 g/mol. The van der Waals surface area contributed by atoms with E-state index in [1.165, 1.54) is 88.3 Å². The number of rotatable bonds is 3. The van der Waals surface area contributed by atoms with Crippen molar-refractivity contribution in [3.8, 4) is 22.3 Å². The van der Waals surface area contributed by atoms with Crippen molar-refractivity contribution >= 4 is 40.0 Å². The molecule has 0 aromatic heterocycles. The van der Waals surface area contributed by atoms with Gasteiger partial charge < -0.3 is 4.90 Å². The van der Waals surface area contributed by atoms with E-state index in [2.05, 4.69) is 161 Å². The van der Waals surface area contributed by atoms with Gasteiger partial charge in [-0.05, 0) is 128 Å². The molecule has 0 saturated carbocycles. The first kappa shape index (κ1) is 27.4. The maximum atomic E-state index is 2.55. The summed E-state index contributed by atoms with van der Waals surface area (Å²) in [6.45, 7) is 11.9. The van der Waals surface area contributed by atoms with Crippen LogP contribution in [0, 0.1) is 6.92 Å². The Morgan fingerprint density at radius 2 is 1.20 bits per heavy atom. The standard InChI is InChI=1S/C45H39N/c1-28-24-41-43(35-20-12-11-18-32(28)35)37-27-39-36(26-40(37)45(41,4)5)34-23-22-31(25-38(34)44(39,2)3)46(30-16-7-6-8-17-30)42-21-13-15-29-14-9-10-19-33(29)42/h6-8,11-27H,9-10H2,1-5H3. The van der Waals surface area contributed by atoms with Gasteiger partial charge in [0.05, 0.1) is 5.69 Å². The van der Waals surface area contributed by atoms with Crippen LogP contribution in [-0.4, -0.2) is 0 Å². The summed E-state index contributed by atoms with van der Waals surface area (Å²) in [7, 11) is 0. The van der Waals surface area contributed by atoms with Gasteiger partial charge in [0, 0.05) is 27.4 Å². The molecule has 0 atom stereocenters. The van der Waals surface area contributed by atoms with Crippen LogP contribution in [0.3, 0.4) is 0 Å². The lowest BCUT2D eigenvalue weighted by molar-refractivity contribution is 0.652. The number of aryl methyl sites for hydroxylation is 1. The normalized spacial score (nSPS) is 16.0. The molecule has 0 saturated heterocycles. The monoisotopic (exact) mass is 593 g/mol. The molecule has 0 heterocycles. The lowest BCUT2D eigenvalue weighted by atomic mass is 9.79. The number of hydrogen-bond donors (Lipinski definition) is 0. The molecule has 9 rings (SSSR count). The van der Waals surface area contributed by atoms with E-state index in [9.17, 15) is 0 Å². The topological polar surface area (TPSA) is 3.24 Å². The van der Waals surface area contributed by atoms with Crippen LogP contribution < -0.4 is 15.3 Å². The Bertz CT molecular complexity index is 2370. The largest absolute Gasteiger partial charge is 0.310 e. The second kappa shape index (κ2) is 9.56. The van der Waals surface area contributed by atoms with E-state index in [4.69, 9.17) is 0 Å². The average molecular weight is 594 g/mol. The molecule has 0 amide bonds. The minimum Gasteiger partial charge on any atom is -0.310 e. The van der Waals surface area contributed by atoms with Crippen LogP contribution in [0.5, 0.6) is 0 Å². The van der Waals surface area contributed by atoms with Gasteiger partial charge in [-0.3, -0.25) is 0 Å². The van der Waals surface area contributed by atoms with Gasteiger partial charge in [-0.25, -0.2) is 0 Å². The summed E-state index contributed by atoms with van der Waals surface area (Å²) in [5.74, 6) is 0. The second-order valence-electron chi connectivity index (χ2n) is 14.5. The zero-order chi connectivity index (χ0) is 31.4. The molecule has 0 fully saturated rings. The van der Waals surface area contributed by atoms with E-state index in [1.54, 1.807) is 0 Å². The Labute approximate surface area is 272 Å². The highest BCUT2D eigenvalue weighted by Crippen LogP contribution is 2.58. The molecule has 6 aromatic carbocycles. The summed E-state index contributed by atoms with van der Waals surface area (Å²) in [6.07, 6.45) is 6.99. The molecular formula is C45H39N. The number of anilines is 3. The SMILES string of the molecule is Cc1cc2c(c3ccccc13)-c1cc3c(cc1C2(C)C)-c1ccc(N(c2ccccc2)c2cccc4c2=CCCC=4)cc1C3(C)C. The van der Waals surface area contributed by atoms with Crippen molar-refractivity contribution in [2.75, 3.05) is 4.90 Å². The van der Waals surface area contributed by atoms with Crippen LogP contribution in [0.1, 0.15) is 68.4 Å². The Morgan fingerprint density at radius 3 is 2.02 bits per heavy atom. The molecule has 0 unspecified atom stereocenters. The summed E-state index contributed by atoms with van der Waals surface area (Å²) in [5, 5.41) is 5.40. The smallest absolute Gasteiger partial charge is 0.0536 e. The van der Waals surface area contributed by atoms with Gasteiger partial charge in [0.25, 0.3) is 0 Å². The molecule has 224 valence electrons. The van der Waals surface area contributed by atoms with Gasteiger partial charge in [-0.15, -0.1) is 0 Å². The van der Waals surface area contributed by atoms with Crippen molar-refractivity contribution in [2.24, 2.45) is 0 Å². The minimum absolute atomic E-state index is 0.0641. The molecule has 0 bridgehead atoms. The van der Waals surface area contributed by atoms with Crippen LogP contribution >= 0.6 is 0 Å². The van der Waals surface area contributed by atoms with Gasteiger partial charge in [0.15, 0.2) is 0 Å². The fourth-order valence-electron chi connectivity index (χ4n) is 8.75. The van der Waals surface area contributed by atoms with Crippen molar-refractivity contribution in [3.05, 3.63) is 147 Å². The zero-order valence-electron chi connectivity index (χ0n) is 27.4. The fraction of sp³-hybridized carbons (Fsp3) is 0.200. The maximum Gasteiger partial charge on any atom is 0.0536 e. The van der Waals surface area contributed by atoms with Crippen LogP contribution in [0.2, 0.25) is 0 Å². The van der Waals surface area contributed by atoms with E-state index in [-0.39, 0.29) is 10.8 Å². The van der Waals surface area contributed by atoms with E-state index in [1.807, 2.05) is 0 Å². The molecule has 6 aromatic rings. The highest BCUT2D eigenvalue weighted by Gasteiger charge is 2.42. The summed E-state index contributed by atoms with van der Waals surface area (Å²) in [5.41, 5.74) is 16.1. The zero-order valence-corrected chi connectivity index (χ0v) is 27.4. The number of para-hydroxylation sites is 1. The van der Waals surface area contributed by atoms with Crippen molar-refractivity contribution in [2.45, 2.75) is 58.3 Å². The van der Waals surface area contributed by atoms with E-state index >= 15 is 0 Å². The second-order valence-corrected chi connectivity index (χ2v) is 14.5. The Hall–Kier alpha value is -4.88. The van der Waals surface area contributed by atoms with Gasteiger partial charge in [0.1, 0.15) is 0 Å². The predicted molar refractivity (Wildman–Crippen MR) is 196 cm³/mol. The number of nitrogens with zero attached hydrogens (tertiary/aromatic N) is 1. The van der Waals surface area contributed by atoms with Gasteiger partial charge in [0.2, 0.25) is 0 Å². The predicted octanol–water partition coefficient (Wildman–Crippen LogP) is 10.6. The van der Waals surface area contributed by atoms with Crippen molar-refractivity contribution in [3.63, 3.8) is 0 Å². The molecule has 1 heteroatoms. The Morgan fingerprint density at radius 1 is 0.522 bits per heavy atom. The first-order valence-corrected chi connectivity index (χ1v) is 16.8. The van der Waals surface area contributed by atoms with E-state index in [0.29, 0.717) is 0 Å². The molecule has 0 spiro atoms. The quantitative estimate of drug-likeness (QED) is 0.197. The molecule has 0 aliphatic heterocycles. The number of benzene rings is 6. The van der Waals surface area contributed by atoms with E-state index < -0.39 is 0 Å². The highest BCUT2D eigenvalue weighted by atomic mass is 15.1. The van der Waals surface area contributed by atoms with Crippen LogP contribution in [0.4, 0.5) is 17.1 Å². The van der Waals surface area contributed by atoms with Crippen LogP contribution in [-0.2, 0) is 10.8 Å². The molecule has 3 aliphatic rings.